The number of aryl methyl sites for hydroxylation is 1. The Kier molecular flexibility index (Phi) is 3.62. The molecule has 0 radical (unpaired) electrons. The summed E-state index contributed by atoms with van der Waals surface area (Å²) in [5.41, 5.74) is 0.284. The van der Waals surface area contributed by atoms with Crippen molar-refractivity contribution in [2.75, 3.05) is 7.11 Å². The van der Waals surface area contributed by atoms with Gasteiger partial charge < -0.3 is 14.9 Å². The number of aliphatic carboxylic acids is 1. The molecule has 0 aliphatic carbocycles. The van der Waals surface area contributed by atoms with Crippen LogP contribution < -0.4 is 0 Å². The number of aromatic nitrogens is 2. The number of hydrogen-bond donors (Lipinski definition) is 2. The Morgan fingerprint density at radius 3 is 2.75 bits per heavy atom. The smallest absolute Gasteiger partial charge is 0.358 e. The molecule has 1 heterocycles. The van der Waals surface area contributed by atoms with Crippen LogP contribution in [0.2, 0.25) is 0 Å². The van der Waals surface area contributed by atoms with Crippen LogP contribution in [-0.2, 0) is 16.6 Å². The molecule has 0 bridgehead atoms. The first kappa shape index (κ1) is 12.2. The third-order valence-electron chi connectivity index (χ3n) is 2.02. The lowest BCUT2D eigenvalue weighted by atomic mass is 10.2. The van der Waals surface area contributed by atoms with Gasteiger partial charge in [-0.1, -0.05) is 0 Å². The number of carbonyl (C=O) groups excluding carboxylic acids is 1. The highest BCUT2D eigenvalue weighted by molar-refractivity contribution is 5.87. The topological polar surface area (TPSA) is 102 Å². The number of carboxylic acid groups (broad SMARTS) is 1. The molecule has 0 aromatic carbocycles. The number of rotatable bonds is 4. The lowest BCUT2D eigenvalue weighted by molar-refractivity contribution is -0.139. The minimum atomic E-state index is -1.20. The zero-order valence-electron chi connectivity index (χ0n) is 8.88. The number of carbonyl (C=O) groups is 2. The normalized spacial score (nSPS) is 12.2. The first-order valence-corrected chi connectivity index (χ1v) is 4.47. The monoisotopic (exact) mass is 228 g/mol. The number of esters is 1. The van der Waals surface area contributed by atoms with Crippen LogP contribution in [0.15, 0.2) is 6.07 Å². The van der Waals surface area contributed by atoms with Crippen LogP contribution >= 0.6 is 0 Å². The van der Waals surface area contributed by atoms with Gasteiger partial charge in [-0.2, -0.15) is 5.10 Å². The van der Waals surface area contributed by atoms with Gasteiger partial charge in [-0.05, 0) is 6.07 Å². The van der Waals surface area contributed by atoms with Crippen molar-refractivity contribution in [3.63, 3.8) is 0 Å². The molecule has 1 rings (SSSR count). The Morgan fingerprint density at radius 1 is 1.62 bits per heavy atom. The van der Waals surface area contributed by atoms with Crippen molar-refractivity contribution < 1.29 is 24.5 Å². The molecule has 7 nitrogen and oxygen atoms in total. The lowest BCUT2D eigenvalue weighted by Crippen LogP contribution is -2.09. The summed E-state index contributed by atoms with van der Waals surface area (Å²) in [6.45, 7) is 0. The highest BCUT2D eigenvalue weighted by Crippen LogP contribution is 2.17. The van der Waals surface area contributed by atoms with Crippen molar-refractivity contribution in [3.8, 4) is 0 Å². The van der Waals surface area contributed by atoms with Crippen molar-refractivity contribution in [1.82, 2.24) is 9.78 Å². The summed E-state index contributed by atoms with van der Waals surface area (Å²) in [4.78, 5) is 21.5. The summed E-state index contributed by atoms with van der Waals surface area (Å²) >= 11 is 0. The van der Waals surface area contributed by atoms with Crippen molar-refractivity contribution in [3.05, 3.63) is 17.5 Å². The average molecular weight is 228 g/mol. The van der Waals surface area contributed by atoms with E-state index < -0.39 is 24.5 Å². The molecule has 16 heavy (non-hydrogen) atoms. The van der Waals surface area contributed by atoms with Crippen LogP contribution in [-0.4, -0.2) is 39.0 Å². The van der Waals surface area contributed by atoms with E-state index in [9.17, 15) is 14.7 Å². The minimum Gasteiger partial charge on any atom is -0.481 e. The Labute approximate surface area is 91.3 Å². The molecule has 0 saturated carbocycles. The van der Waals surface area contributed by atoms with Gasteiger partial charge in [0.2, 0.25) is 0 Å². The van der Waals surface area contributed by atoms with Gasteiger partial charge in [-0.25, -0.2) is 4.79 Å². The zero-order chi connectivity index (χ0) is 12.3. The van der Waals surface area contributed by atoms with E-state index in [4.69, 9.17) is 5.11 Å². The summed E-state index contributed by atoms with van der Waals surface area (Å²) in [6.07, 6.45) is -1.64. The molecule has 88 valence electrons. The highest BCUT2D eigenvalue weighted by Gasteiger charge is 2.20. The fourth-order valence-electron chi connectivity index (χ4n) is 1.27. The summed E-state index contributed by atoms with van der Waals surface area (Å²) in [5.74, 6) is -1.77. The van der Waals surface area contributed by atoms with Gasteiger partial charge in [0.05, 0.1) is 19.2 Å². The number of carboxylic acids is 1. The van der Waals surface area contributed by atoms with Gasteiger partial charge in [0.1, 0.15) is 6.10 Å². The molecular formula is C9H12N2O5. The Hall–Kier alpha value is -1.89. The van der Waals surface area contributed by atoms with E-state index in [0.29, 0.717) is 0 Å². The molecule has 7 heteroatoms. The molecule has 0 spiro atoms. The third-order valence-corrected chi connectivity index (χ3v) is 2.02. The second kappa shape index (κ2) is 4.75. The fourth-order valence-corrected chi connectivity index (χ4v) is 1.27. The number of aliphatic hydroxyl groups is 1. The van der Waals surface area contributed by atoms with Gasteiger partial charge in [-0.3, -0.25) is 9.48 Å². The second-order valence-corrected chi connectivity index (χ2v) is 3.18. The molecular weight excluding hydrogens is 216 g/mol. The molecule has 1 atom stereocenters. The number of nitrogens with zero attached hydrogens (tertiary/aromatic N) is 2. The van der Waals surface area contributed by atoms with E-state index in [0.717, 1.165) is 0 Å². The maximum absolute atomic E-state index is 11.1. The van der Waals surface area contributed by atoms with Crippen molar-refractivity contribution in [2.45, 2.75) is 12.5 Å². The fraction of sp³-hybridized carbons (Fsp3) is 0.444. The Morgan fingerprint density at radius 2 is 2.25 bits per heavy atom. The summed E-state index contributed by atoms with van der Waals surface area (Å²) in [7, 11) is 2.72. The molecule has 0 unspecified atom stereocenters. The van der Waals surface area contributed by atoms with E-state index in [-0.39, 0.29) is 11.4 Å². The summed E-state index contributed by atoms with van der Waals surface area (Å²) < 4.78 is 5.70. The lowest BCUT2D eigenvalue weighted by Gasteiger charge is -2.06. The molecule has 0 amide bonds. The summed E-state index contributed by atoms with van der Waals surface area (Å²) in [5, 5.41) is 21.9. The van der Waals surface area contributed by atoms with E-state index in [1.165, 1.54) is 24.9 Å². The molecule has 0 aliphatic rings. The van der Waals surface area contributed by atoms with Crippen LogP contribution in [0, 0.1) is 0 Å². The van der Waals surface area contributed by atoms with Crippen LogP contribution in [0.25, 0.3) is 0 Å². The van der Waals surface area contributed by atoms with Crippen LogP contribution in [0.1, 0.15) is 28.7 Å². The average Bonchev–Trinajstić information content (AvgIpc) is 2.58. The Bertz CT molecular complexity index is 412. The molecule has 0 fully saturated rings. The molecule has 1 aromatic heterocycles. The van der Waals surface area contributed by atoms with Crippen LogP contribution in [0.4, 0.5) is 0 Å². The third kappa shape index (κ3) is 2.57. The van der Waals surface area contributed by atoms with Crippen LogP contribution in [0.5, 0.6) is 0 Å². The van der Waals surface area contributed by atoms with E-state index >= 15 is 0 Å². The van der Waals surface area contributed by atoms with Gasteiger partial charge in [0.15, 0.2) is 5.69 Å². The highest BCUT2D eigenvalue weighted by atomic mass is 16.5. The van der Waals surface area contributed by atoms with E-state index in [1.54, 1.807) is 0 Å². The number of ether oxygens (including phenoxy) is 1. The van der Waals surface area contributed by atoms with Crippen molar-refractivity contribution in [2.24, 2.45) is 7.05 Å². The number of methoxy groups -OCH3 is 1. The quantitative estimate of drug-likeness (QED) is 0.687. The molecule has 0 aliphatic heterocycles. The van der Waals surface area contributed by atoms with E-state index in [2.05, 4.69) is 9.84 Å². The SMILES string of the molecule is COC(=O)c1cc([C@@H](O)CC(=O)O)n(C)n1. The minimum absolute atomic E-state index is 0.0319. The van der Waals surface area contributed by atoms with Gasteiger partial charge >= 0.3 is 11.9 Å². The maximum Gasteiger partial charge on any atom is 0.358 e. The van der Waals surface area contributed by atoms with Gasteiger partial charge in [0, 0.05) is 7.05 Å². The van der Waals surface area contributed by atoms with Crippen LogP contribution in [0.3, 0.4) is 0 Å². The molecule has 0 saturated heterocycles. The Balaban J connectivity index is 2.93. The van der Waals surface area contributed by atoms with E-state index in [1.807, 2.05) is 0 Å². The second-order valence-electron chi connectivity index (χ2n) is 3.18. The first-order chi connectivity index (χ1) is 7.45. The van der Waals surface area contributed by atoms with Crippen molar-refractivity contribution in [1.29, 1.82) is 0 Å². The molecule has 2 N–H and O–H groups in total. The maximum atomic E-state index is 11.1. The van der Waals surface area contributed by atoms with Gasteiger partial charge in [-0.15, -0.1) is 0 Å². The molecule has 1 aromatic rings. The van der Waals surface area contributed by atoms with Crippen molar-refractivity contribution >= 4 is 11.9 Å². The number of hydrogen-bond acceptors (Lipinski definition) is 5. The number of aliphatic hydroxyl groups excluding tert-OH is 1. The largest absolute Gasteiger partial charge is 0.481 e. The summed E-state index contributed by atoms with van der Waals surface area (Å²) in [6, 6.07) is 1.30. The zero-order valence-corrected chi connectivity index (χ0v) is 8.88. The standard InChI is InChI=1S/C9H12N2O5/c1-11-6(7(12)4-8(13)14)3-5(10-11)9(15)16-2/h3,7,12H,4H2,1-2H3,(H,13,14)/t7-/m0/s1. The van der Waals surface area contributed by atoms with Gasteiger partial charge in [0.25, 0.3) is 0 Å². The predicted molar refractivity (Wildman–Crippen MR) is 51.8 cm³/mol. The first-order valence-electron chi connectivity index (χ1n) is 4.47. The predicted octanol–water partition coefficient (Wildman–Crippen LogP) is -0.285.